The molecular formula is C67H77N6O13P. The number of carbonyl (C=O) groups excluding carboxylic acids is 3. The number of hydrogen-bond acceptors (Lipinski definition) is 15. The van der Waals surface area contributed by atoms with E-state index < -0.39 is 55.9 Å². The number of benzene rings is 5. The SMILES string of the molecule is COc1ccc(C(OC[C@H]2O[C@@H](n3cc(C#CCNC(=O)CCC(=O)NCCCCCCOC(=O)OCC4c5ccccc5-c5ccccc54)c(=O)[nH]c3=O)C[C@@H]2OP(OCCC#N)N(C(C)C)C(C)C)(c2ccccc2)c2ccc(OC)cc2)cc1. The van der Waals surface area contributed by atoms with E-state index in [1.807, 2.05) is 131 Å². The van der Waals surface area contributed by atoms with Crippen LogP contribution in [0.25, 0.3) is 11.1 Å². The van der Waals surface area contributed by atoms with Crippen molar-refractivity contribution >= 4 is 26.5 Å². The average molecular weight is 1210 g/mol. The van der Waals surface area contributed by atoms with Gasteiger partial charge in [0, 0.05) is 50.0 Å². The molecule has 87 heavy (non-hydrogen) atoms. The third-order valence-electron chi connectivity index (χ3n) is 15.1. The monoisotopic (exact) mass is 1200 g/mol. The van der Waals surface area contributed by atoms with Crippen LogP contribution in [0.5, 0.6) is 11.5 Å². The molecular weight excluding hydrogens is 1130 g/mol. The van der Waals surface area contributed by atoms with Crippen LogP contribution in [0.2, 0.25) is 0 Å². The first-order chi connectivity index (χ1) is 42.2. The fourth-order valence-electron chi connectivity index (χ4n) is 10.9. The number of unbranched alkanes of at least 4 members (excludes halogenated alkanes) is 3. The van der Waals surface area contributed by atoms with Crippen molar-refractivity contribution in [1.82, 2.24) is 24.9 Å². The largest absolute Gasteiger partial charge is 0.508 e. The van der Waals surface area contributed by atoms with Crippen LogP contribution < -0.4 is 31.4 Å². The van der Waals surface area contributed by atoms with Gasteiger partial charge in [-0.2, -0.15) is 5.26 Å². The van der Waals surface area contributed by atoms with Gasteiger partial charge in [-0.3, -0.25) is 23.9 Å². The summed E-state index contributed by atoms with van der Waals surface area (Å²) >= 11 is 0. The number of ether oxygens (including phenoxy) is 6. The van der Waals surface area contributed by atoms with E-state index in [-0.39, 0.29) is 88.1 Å². The number of aromatic amines is 1. The van der Waals surface area contributed by atoms with Crippen LogP contribution >= 0.6 is 8.53 Å². The smallest absolute Gasteiger partial charge is 0.497 e. The van der Waals surface area contributed by atoms with E-state index in [0.29, 0.717) is 30.9 Å². The van der Waals surface area contributed by atoms with Crippen LogP contribution in [0.15, 0.2) is 143 Å². The zero-order chi connectivity index (χ0) is 61.7. The fourth-order valence-corrected chi connectivity index (χ4v) is 12.7. The summed E-state index contributed by atoms with van der Waals surface area (Å²) < 4.78 is 52.8. The number of carbonyl (C=O) groups is 3. The molecule has 1 unspecified atom stereocenters. The fraction of sp³-hybridized carbons (Fsp3) is 0.403. The Morgan fingerprint density at radius 3 is 1.93 bits per heavy atom. The minimum atomic E-state index is -1.80. The molecule has 19 nitrogen and oxygen atoms in total. The topological polar surface area (TPSA) is 231 Å². The molecule has 0 bridgehead atoms. The maximum Gasteiger partial charge on any atom is 0.508 e. The second kappa shape index (κ2) is 32.0. The minimum Gasteiger partial charge on any atom is -0.497 e. The maximum atomic E-state index is 13.8. The molecule has 0 radical (unpaired) electrons. The van der Waals surface area contributed by atoms with Gasteiger partial charge in [-0.15, -0.1) is 0 Å². The Morgan fingerprint density at radius 1 is 0.736 bits per heavy atom. The normalized spacial score (nSPS) is 15.7. The Labute approximate surface area is 509 Å². The van der Waals surface area contributed by atoms with Crippen molar-refractivity contribution in [2.75, 3.05) is 53.7 Å². The van der Waals surface area contributed by atoms with Gasteiger partial charge < -0.3 is 48.1 Å². The molecule has 6 aromatic rings. The lowest BCUT2D eigenvalue weighted by Gasteiger charge is -2.39. The molecule has 1 aliphatic carbocycles. The van der Waals surface area contributed by atoms with E-state index in [4.69, 9.17) is 37.5 Å². The molecule has 5 aromatic carbocycles. The van der Waals surface area contributed by atoms with Gasteiger partial charge in [0.1, 0.15) is 41.6 Å². The van der Waals surface area contributed by atoms with Gasteiger partial charge in [-0.1, -0.05) is 121 Å². The quantitative estimate of drug-likeness (QED) is 0.0125. The highest BCUT2D eigenvalue weighted by Crippen LogP contribution is 2.51. The van der Waals surface area contributed by atoms with Crippen LogP contribution in [0.1, 0.15) is 125 Å². The van der Waals surface area contributed by atoms with E-state index in [1.54, 1.807) is 14.2 Å². The molecule has 1 saturated heterocycles. The molecule has 8 rings (SSSR count). The highest BCUT2D eigenvalue weighted by Gasteiger charge is 2.45. The zero-order valence-electron chi connectivity index (χ0n) is 50.2. The lowest BCUT2D eigenvalue weighted by molar-refractivity contribution is -0.126. The third-order valence-corrected chi connectivity index (χ3v) is 17.3. The van der Waals surface area contributed by atoms with E-state index >= 15 is 0 Å². The van der Waals surface area contributed by atoms with Crippen molar-refractivity contribution in [2.45, 2.75) is 121 Å². The summed E-state index contributed by atoms with van der Waals surface area (Å²) in [6.07, 6.45) is 1.15. The second-order valence-corrected chi connectivity index (χ2v) is 23.0. The van der Waals surface area contributed by atoms with Gasteiger partial charge in [0.2, 0.25) is 11.8 Å². The van der Waals surface area contributed by atoms with Crippen LogP contribution in [-0.4, -0.2) is 110 Å². The summed E-state index contributed by atoms with van der Waals surface area (Å²) in [7, 11) is 1.41. The van der Waals surface area contributed by atoms with Gasteiger partial charge in [-0.05, 0) is 110 Å². The van der Waals surface area contributed by atoms with E-state index in [0.717, 1.165) is 51.8 Å². The number of nitrogens with one attached hydrogen (secondary N) is 3. The van der Waals surface area contributed by atoms with Crippen LogP contribution in [0, 0.1) is 23.2 Å². The summed E-state index contributed by atoms with van der Waals surface area (Å²) in [5, 5.41) is 15.0. The lowest BCUT2D eigenvalue weighted by Crippen LogP contribution is -2.39. The average Bonchev–Trinajstić information content (AvgIpc) is 1.74. The molecule has 458 valence electrons. The number of amides is 2. The van der Waals surface area contributed by atoms with Crippen LogP contribution in [-0.2, 0) is 43.2 Å². The van der Waals surface area contributed by atoms with Gasteiger partial charge in [0.15, 0.2) is 0 Å². The molecule has 2 heterocycles. The first kappa shape index (κ1) is 64.9. The first-order valence-corrected chi connectivity index (χ1v) is 30.6. The van der Waals surface area contributed by atoms with Crippen LogP contribution in [0.4, 0.5) is 4.79 Å². The molecule has 0 spiro atoms. The van der Waals surface area contributed by atoms with Gasteiger partial charge in [0.05, 0.1) is 59.2 Å². The first-order valence-electron chi connectivity index (χ1n) is 29.5. The Hall–Kier alpha value is -8.13. The van der Waals surface area contributed by atoms with Gasteiger partial charge in [0.25, 0.3) is 14.1 Å². The lowest BCUT2D eigenvalue weighted by atomic mass is 9.80. The number of H-pyrrole nitrogens is 1. The summed E-state index contributed by atoms with van der Waals surface area (Å²) in [5.41, 5.74) is 4.20. The number of fused-ring (bicyclic) bond motifs is 3. The summed E-state index contributed by atoms with van der Waals surface area (Å²) in [6.45, 7) is 8.92. The van der Waals surface area contributed by atoms with Crippen molar-refractivity contribution in [1.29, 1.82) is 5.26 Å². The van der Waals surface area contributed by atoms with Crippen LogP contribution in [0.3, 0.4) is 0 Å². The van der Waals surface area contributed by atoms with Crippen molar-refractivity contribution in [3.05, 3.63) is 188 Å². The Balaban J connectivity index is 0.860. The maximum absolute atomic E-state index is 13.8. The highest BCUT2D eigenvalue weighted by atomic mass is 31.2. The molecule has 3 N–H and O–H groups in total. The predicted molar refractivity (Wildman–Crippen MR) is 330 cm³/mol. The minimum absolute atomic E-state index is 0.0200. The number of aromatic nitrogens is 2. The van der Waals surface area contributed by atoms with Crippen molar-refractivity contribution in [2.24, 2.45) is 0 Å². The summed E-state index contributed by atoms with van der Waals surface area (Å²) in [4.78, 5) is 67.2. The molecule has 20 heteroatoms. The number of rotatable bonds is 30. The zero-order valence-corrected chi connectivity index (χ0v) is 51.1. The molecule has 0 saturated carbocycles. The third kappa shape index (κ3) is 16.9. The Morgan fingerprint density at radius 2 is 1.32 bits per heavy atom. The van der Waals surface area contributed by atoms with Crippen molar-refractivity contribution in [3.63, 3.8) is 0 Å². The standard InChI is InChI=1S/C67H77N6O13P/c1-46(2)73(47(3)4)87(84-41-19-37-68)86-59-42-63(85-60(59)45-83-67(49-21-10-9-11-22-49,50-27-31-52(79-5)32-28-50)51-29-33-53(80-6)34-30-51)72-43-48(64(76)71-65(72)77)20-18-39-70-62(75)36-35-61(74)69-38-16-7-8-17-40-81-66(78)82-44-58-56-25-14-12-23-54(56)55-24-13-15-26-57(55)58/h9-15,21-34,43,46-47,58-60,63H,7-8,16-17,19,35-36,38-42,44-45H2,1-6H3,(H,69,74)(H,70,75)(H,71,76,77)/t59-,60+,63+,87?/m0/s1. The number of methoxy groups -OCH3 is 2. The molecule has 2 amide bonds. The summed E-state index contributed by atoms with van der Waals surface area (Å²) in [6, 6.07) is 43.5. The summed E-state index contributed by atoms with van der Waals surface area (Å²) in [5.74, 6) is 6.17. The molecule has 1 fully saturated rings. The highest BCUT2D eigenvalue weighted by molar-refractivity contribution is 7.44. The van der Waals surface area contributed by atoms with Crippen molar-refractivity contribution < 1.29 is 51.9 Å². The molecule has 1 aromatic heterocycles. The van der Waals surface area contributed by atoms with Crippen molar-refractivity contribution in [3.8, 4) is 40.5 Å². The molecule has 1 aliphatic heterocycles. The second-order valence-electron chi connectivity index (χ2n) is 21.6. The van der Waals surface area contributed by atoms with Gasteiger partial charge >= 0.3 is 11.8 Å². The number of nitrogens with zero attached hydrogens (tertiary/aromatic N) is 3. The number of hydrogen-bond donors (Lipinski definition) is 3. The molecule has 2 aliphatic rings. The van der Waals surface area contributed by atoms with E-state index in [9.17, 15) is 29.2 Å². The van der Waals surface area contributed by atoms with E-state index in [1.165, 1.54) is 10.8 Å². The van der Waals surface area contributed by atoms with Gasteiger partial charge in [-0.25, -0.2) is 14.3 Å². The Kier molecular flexibility index (Phi) is 23.9. The number of nitriles is 1. The molecule has 4 atom stereocenters. The van der Waals surface area contributed by atoms with E-state index in [2.05, 4.69) is 62.5 Å². The predicted octanol–water partition coefficient (Wildman–Crippen LogP) is 10.4. The Bertz CT molecular complexity index is 3370.